The molecule has 1 unspecified atom stereocenters. The molecule has 2 aliphatic rings. The Kier molecular flexibility index (Phi) is 2.44. The van der Waals surface area contributed by atoms with E-state index >= 15 is 0 Å². The monoisotopic (exact) mass is 286 g/mol. The molecule has 0 aromatic heterocycles. The highest BCUT2D eigenvalue weighted by molar-refractivity contribution is 9.09. The summed E-state index contributed by atoms with van der Waals surface area (Å²) >= 11 is 9.79. The lowest BCUT2D eigenvalue weighted by Gasteiger charge is -2.40. The first-order chi connectivity index (χ1) is 7.25. The lowest BCUT2D eigenvalue weighted by atomic mass is 9.80. The van der Waals surface area contributed by atoms with Gasteiger partial charge in [-0.25, -0.2) is 0 Å². The largest absolute Gasteiger partial charge is 0.489 e. The normalized spacial score (nSPS) is 33.1. The Morgan fingerprint density at radius 3 is 3.07 bits per heavy atom. The summed E-state index contributed by atoms with van der Waals surface area (Å²) in [4.78, 5) is 0.456. The Labute approximate surface area is 103 Å². The second-order valence-electron chi connectivity index (χ2n) is 4.32. The molecule has 3 rings (SSSR count). The first kappa shape index (κ1) is 9.98. The van der Waals surface area contributed by atoms with Crippen molar-refractivity contribution in [3.8, 4) is 5.75 Å². The number of benzene rings is 1. The van der Waals surface area contributed by atoms with Gasteiger partial charge >= 0.3 is 0 Å². The zero-order chi connectivity index (χ0) is 10.4. The van der Waals surface area contributed by atoms with Crippen LogP contribution in [0.5, 0.6) is 5.75 Å². The van der Waals surface area contributed by atoms with Gasteiger partial charge in [0.15, 0.2) is 0 Å². The molecule has 15 heavy (non-hydrogen) atoms. The number of rotatable bonds is 0. The van der Waals surface area contributed by atoms with Gasteiger partial charge in [-0.05, 0) is 43.0 Å². The van der Waals surface area contributed by atoms with E-state index < -0.39 is 0 Å². The maximum atomic E-state index is 6.03. The standard InChI is InChI=1S/C12H12BrClO/c13-12-8-2-1-3-11(12)15-10-5-4-7(14)6-9(8)10/h4-6,8,11-12H,1-3H2/t8-,11-,12?/m1/s1. The van der Waals surface area contributed by atoms with Crippen LogP contribution in [-0.4, -0.2) is 10.9 Å². The molecule has 1 aliphatic heterocycles. The Morgan fingerprint density at radius 2 is 2.20 bits per heavy atom. The third-order valence-electron chi connectivity index (χ3n) is 3.39. The third kappa shape index (κ3) is 1.58. The van der Waals surface area contributed by atoms with Crippen molar-refractivity contribution in [1.82, 2.24) is 0 Å². The van der Waals surface area contributed by atoms with E-state index in [9.17, 15) is 0 Å². The molecule has 1 fully saturated rings. The van der Waals surface area contributed by atoms with Gasteiger partial charge < -0.3 is 4.74 Å². The summed E-state index contributed by atoms with van der Waals surface area (Å²) < 4.78 is 5.96. The van der Waals surface area contributed by atoms with Crippen molar-refractivity contribution in [3.05, 3.63) is 28.8 Å². The van der Waals surface area contributed by atoms with Crippen LogP contribution >= 0.6 is 27.5 Å². The van der Waals surface area contributed by atoms with Crippen LogP contribution in [0.3, 0.4) is 0 Å². The van der Waals surface area contributed by atoms with Crippen molar-refractivity contribution >= 4 is 27.5 Å². The minimum absolute atomic E-state index is 0.345. The van der Waals surface area contributed by atoms with Crippen LogP contribution in [0.25, 0.3) is 0 Å². The molecule has 0 spiro atoms. The minimum atomic E-state index is 0.345. The van der Waals surface area contributed by atoms with Gasteiger partial charge in [-0.3, -0.25) is 0 Å². The van der Waals surface area contributed by atoms with E-state index in [1.165, 1.54) is 18.4 Å². The van der Waals surface area contributed by atoms with Gasteiger partial charge in [-0.15, -0.1) is 0 Å². The highest BCUT2D eigenvalue weighted by Gasteiger charge is 2.39. The summed E-state index contributed by atoms with van der Waals surface area (Å²) in [5.41, 5.74) is 1.28. The van der Waals surface area contributed by atoms with Gasteiger partial charge in [0.05, 0.1) is 4.83 Å². The first-order valence-corrected chi connectivity index (χ1v) is 6.65. The second kappa shape index (κ2) is 3.67. The van der Waals surface area contributed by atoms with Crippen LogP contribution < -0.4 is 4.74 Å². The van der Waals surface area contributed by atoms with Crippen LogP contribution in [0, 0.1) is 0 Å². The Balaban J connectivity index is 2.09. The predicted molar refractivity (Wildman–Crippen MR) is 65.2 cm³/mol. The van der Waals surface area contributed by atoms with Crippen molar-refractivity contribution in [2.45, 2.75) is 36.1 Å². The van der Waals surface area contributed by atoms with Crippen LogP contribution in [0.2, 0.25) is 5.02 Å². The molecular weight excluding hydrogens is 275 g/mol. The molecular formula is C12H12BrClO. The average molecular weight is 288 g/mol. The lowest BCUT2D eigenvalue weighted by molar-refractivity contribution is 0.129. The fourth-order valence-corrected chi connectivity index (χ4v) is 3.75. The van der Waals surface area contributed by atoms with E-state index in [0.717, 1.165) is 17.2 Å². The molecule has 0 saturated heterocycles. The van der Waals surface area contributed by atoms with Crippen molar-refractivity contribution < 1.29 is 4.74 Å². The summed E-state index contributed by atoms with van der Waals surface area (Å²) in [5, 5.41) is 0.807. The van der Waals surface area contributed by atoms with E-state index in [2.05, 4.69) is 22.0 Å². The van der Waals surface area contributed by atoms with Crippen LogP contribution in [0.15, 0.2) is 18.2 Å². The van der Waals surface area contributed by atoms with Crippen LogP contribution in [0.4, 0.5) is 0 Å². The number of fused-ring (bicyclic) bond motifs is 4. The number of hydrogen-bond acceptors (Lipinski definition) is 1. The molecule has 1 aliphatic carbocycles. The Bertz CT molecular complexity index is 393. The summed E-state index contributed by atoms with van der Waals surface area (Å²) in [7, 11) is 0. The third-order valence-corrected chi connectivity index (χ3v) is 4.86. The van der Waals surface area contributed by atoms with Crippen molar-refractivity contribution in [2.24, 2.45) is 0 Å². The zero-order valence-corrected chi connectivity index (χ0v) is 10.6. The molecule has 0 amide bonds. The van der Waals surface area contributed by atoms with Gasteiger partial charge in [0.1, 0.15) is 11.9 Å². The predicted octanol–water partition coefficient (Wildman–Crippen LogP) is 4.13. The zero-order valence-electron chi connectivity index (χ0n) is 8.25. The van der Waals surface area contributed by atoms with Gasteiger partial charge in [0, 0.05) is 10.9 Å². The second-order valence-corrected chi connectivity index (χ2v) is 5.81. The maximum Gasteiger partial charge on any atom is 0.123 e. The van der Waals surface area contributed by atoms with Crippen molar-refractivity contribution in [3.63, 3.8) is 0 Å². The van der Waals surface area contributed by atoms with E-state index in [1.807, 2.05) is 12.1 Å². The molecule has 0 radical (unpaired) electrons. The molecule has 3 heteroatoms. The molecule has 1 saturated carbocycles. The molecule has 3 atom stereocenters. The highest BCUT2D eigenvalue weighted by atomic mass is 79.9. The Morgan fingerprint density at radius 1 is 1.33 bits per heavy atom. The van der Waals surface area contributed by atoms with Gasteiger partial charge in [-0.1, -0.05) is 27.5 Å². The first-order valence-electron chi connectivity index (χ1n) is 5.36. The molecule has 1 nitrogen and oxygen atoms in total. The quantitative estimate of drug-likeness (QED) is 0.652. The maximum absolute atomic E-state index is 6.03. The van der Waals surface area contributed by atoms with Gasteiger partial charge in [0.2, 0.25) is 0 Å². The van der Waals surface area contributed by atoms with Crippen LogP contribution in [0.1, 0.15) is 30.7 Å². The molecule has 1 heterocycles. The number of alkyl halides is 1. The highest BCUT2D eigenvalue weighted by Crippen LogP contribution is 2.47. The van der Waals surface area contributed by atoms with Crippen LogP contribution in [-0.2, 0) is 0 Å². The summed E-state index contributed by atoms with van der Waals surface area (Å²) in [6.07, 6.45) is 4.00. The number of ether oxygens (including phenoxy) is 1. The fraction of sp³-hybridized carbons (Fsp3) is 0.500. The average Bonchev–Trinajstić information content (AvgIpc) is 2.20. The number of hydrogen-bond donors (Lipinski definition) is 0. The van der Waals surface area contributed by atoms with E-state index in [1.54, 1.807) is 0 Å². The summed E-state index contributed by atoms with van der Waals surface area (Å²) in [5.74, 6) is 1.61. The SMILES string of the molecule is Clc1ccc2c(c1)[C@H]1CCC[C@@H](O2)C1Br. The van der Waals surface area contributed by atoms with Gasteiger partial charge in [-0.2, -0.15) is 0 Å². The van der Waals surface area contributed by atoms with E-state index in [0.29, 0.717) is 16.8 Å². The number of halogens is 2. The summed E-state index contributed by atoms with van der Waals surface area (Å²) in [6.45, 7) is 0. The van der Waals surface area contributed by atoms with Gasteiger partial charge in [0.25, 0.3) is 0 Å². The van der Waals surface area contributed by atoms with Crippen molar-refractivity contribution in [1.29, 1.82) is 0 Å². The molecule has 80 valence electrons. The Hall–Kier alpha value is -0.210. The van der Waals surface area contributed by atoms with E-state index in [4.69, 9.17) is 16.3 Å². The van der Waals surface area contributed by atoms with Crippen molar-refractivity contribution in [2.75, 3.05) is 0 Å². The van der Waals surface area contributed by atoms with E-state index in [-0.39, 0.29) is 0 Å². The molecule has 2 bridgehead atoms. The molecule has 1 aromatic rings. The lowest BCUT2D eigenvalue weighted by Crippen LogP contribution is -2.40. The topological polar surface area (TPSA) is 9.23 Å². The smallest absolute Gasteiger partial charge is 0.123 e. The minimum Gasteiger partial charge on any atom is -0.489 e. The molecule has 1 aromatic carbocycles. The fourth-order valence-electron chi connectivity index (χ4n) is 2.65. The summed E-state index contributed by atoms with van der Waals surface area (Å²) in [6, 6.07) is 5.96. The molecule has 0 N–H and O–H groups in total.